The number of nitrogens with zero attached hydrogens (tertiary/aromatic N) is 1. The SMILES string of the molecule is Cc1ccc2oc(=O)c3cc(C(=O)Nc4cccc([N+](=O)[O-])c4C)sc3c2c1. The number of hydrogen-bond donors (Lipinski definition) is 1. The largest absolute Gasteiger partial charge is 0.422 e. The topological polar surface area (TPSA) is 102 Å². The predicted octanol–water partition coefficient (Wildman–Crippen LogP) is 4.79. The van der Waals surface area contributed by atoms with E-state index in [-0.39, 0.29) is 5.69 Å². The third-order valence-corrected chi connectivity index (χ3v) is 5.68. The maximum atomic E-state index is 12.7. The summed E-state index contributed by atoms with van der Waals surface area (Å²) in [5, 5.41) is 14.9. The molecular weight excluding hydrogens is 380 g/mol. The van der Waals surface area contributed by atoms with E-state index in [9.17, 15) is 19.7 Å². The van der Waals surface area contributed by atoms with Gasteiger partial charge in [0, 0.05) is 11.5 Å². The number of carbonyl (C=O) groups excluding carboxylic acids is 1. The van der Waals surface area contributed by atoms with Crippen molar-refractivity contribution in [2.24, 2.45) is 0 Å². The van der Waals surface area contributed by atoms with Crippen molar-refractivity contribution in [2.75, 3.05) is 5.32 Å². The number of anilines is 1. The van der Waals surface area contributed by atoms with E-state index in [1.165, 1.54) is 29.5 Å². The Labute approximate surface area is 162 Å². The number of amides is 1. The van der Waals surface area contributed by atoms with Gasteiger partial charge in [0.15, 0.2) is 0 Å². The van der Waals surface area contributed by atoms with Gasteiger partial charge in [0.25, 0.3) is 11.6 Å². The first kappa shape index (κ1) is 17.9. The monoisotopic (exact) mass is 394 g/mol. The van der Waals surface area contributed by atoms with Crippen molar-refractivity contribution >= 4 is 49.7 Å². The van der Waals surface area contributed by atoms with E-state index in [0.29, 0.717) is 31.8 Å². The molecular formula is C20H14N2O5S. The number of nitro benzene ring substituents is 1. The van der Waals surface area contributed by atoms with Crippen LogP contribution in [0.25, 0.3) is 21.1 Å². The van der Waals surface area contributed by atoms with E-state index in [1.54, 1.807) is 19.1 Å². The Morgan fingerprint density at radius 3 is 2.68 bits per heavy atom. The molecule has 0 saturated heterocycles. The van der Waals surface area contributed by atoms with E-state index < -0.39 is 16.5 Å². The number of rotatable bonds is 3. The number of nitro groups is 1. The lowest BCUT2D eigenvalue weighted by Gasteiger charge is -2.07. The van der Waals surface area contributed by atoms with Crippen molar-refractivity contribution in [1.29, 1.82) is 0 Å². The van der Waals surface area contributed by atoms with E-state index in [4.69, 9.17) is 4.42 Å². The molecule has 2 aromatic carbocycles. The van der Waals surface area contributed by atoms with Crippen LogP contribution >= 0.6 is 11.3 Å². The third-order valence-electron chi connectivity index (χ3n) is 4.51. The fourth-order valence-electron chi connectivity index (χ4n) is 3.06. The summed E-state index contributed by atoms with van der Waals surface area (Å²) in [6.45, 7) is 3.51. The first-order chi connectivity index (χ1) is 13.3. The quantitative estimate of drug-likeness (QED) is 0.306. The number of thiophene rings is 1. The molecule has 0 aliphatic heterocycles. The molecule has 0 fully saturated rings. The molecule has 0 radical (unpaired) electrons. The van der Waals surface area contributed by atoms with Crippen LogP contribution in [-0.2, 0) is 0 Å². The average molecular weight is 394 g/mol. The fourth-order valence-corrected chi connectivity index (χ4v) is 4.12. The van der Waals surface area contributed by atoms with Crippen LogP contribution in [0, 0.1) is 24.0 Å². The molecule has 4 rings (SSSR count). The second kappa shape index (κ2) is 6.58. The zero-order valence-electron chi connectivity index (χ0n) is 14.9. The van der Waals surface area contributed by atoms with Crippen LogP contribution in [0.3, 0.4) is 0 Å². The highest BCUT2D eigenvalue weighted by Gasteiger charge is 2.19. The molecule has 0 atom stereocenters. The molecule has 8 heteroatoms. The minimum absolute atomic E-state index is 0.0729. The van der Waals surface area contributed by atoms with Crippen LogP contribution < -0.4 is 10.9 Å². The summed E-state index contributed by atoms with van der Waals surface area (Å²) in [6, 6.07) is 11.5. The van der Waals surface area contributed by atoms with Crippen molar-refractivity contribution < 1.29 is 14.1 Å². The molecule has 2 aromatic heterocycles. The Kier molecular flexibility index (Phi) is 4.20. The molecule has 1 N–H and O–H groups in total. The van der Waals surface area contributed by atoms with Gasteiger partial charge in [0.05, 0.1) is 31.1 Å². The van der Waals surface area contributed by atoms with Gasteiger partial charge >= 0.3 is 5.63 Å². The molecule has 1 amide bonds. The van der Waals surface area contributed by atoms with Crippen LogP contribution in [0.2, 0.25) is 0 Å². The van der Waals surface area contributed by atoms with E-state index in [2.05, 4.69) is 5.32 Å². The first-order valence-corrected chi connectivity index (χ1v) is 9.19. The number of benzene rings is 2. The summed E-state index contributed by atoms with van der Waals surface area (Å²) < 4.78 is 6.02. The van der Waals surface area contributed by atoms with Crippen LogP contribution in [0.15, 0.2) is 51.7 Å². The van der Waals surface area contributed by atoms with E-state index in [0.717, 1.165) is 10.9 Å². The Morgan fingerprint density at radius 1 is 1.14 bits per heavy atom. The van der Waals surface area contributed by atoms with Gasteiger partial charge in [-0.1, -0.05) is 17.7 Å². The van der Waals surface area contributed by atoms with Gasteiger partial charge in [-0.15, -0.1) is 11.3 Å². The smallest absolute Gasteiger partial charge is 0.345 e. The fraction of sp³-hybridized carbons (Fsp3) is 0.100. The Balaban J connectivity index is 1.79. The number of aryl methyl sites for hydroxylation is 1. The lowest BCUT2D eigenvalue weighted by molar-refractivity contribution is -0.385. The number of fused-ring (bicyclic) bond motifs is 3. The van der Waals surface area contributed by atoms with Crippen molar-refractivity contribution in [3.05, 3.63) is 79.0 Å². The van der Waals surface area contributed by atoms with E-state index >= 15 is 0 Å². The van der Waals surface area contributed by atoms with Gasteiger partial charge in [-0.05, 0) is 38.1 Å². The second-order valence-corrected chi connectivity index (χ2v) is 7.46. The van der Waals surface area contributed by atoms with Gasteiger partial charge in [-0.2, -0.15) is 0 Å². The lowest BCUT2D eigenvalue weighted by atomic mass is 10.1. The predicted molar refractivity (Wildman–Crippen MR) is 108 cm³/mol. The molecule has 140 valence electrons. The molecule has 2 heterocycles. The number of carbonyl (C=O) groups is 1. The van der Waals surface area contributed by atoms with Crippen molar-refractivity contribution in [3.8, 4) is 0 Å². The van der Waals surface area contributed by atoms with Crippen molar-refractivity contribution in [2.45, 2.75) is 13.8 Å². The van der Waals surface area contributed by atoms with Gasteiger partial charge < -0.3 is 9.73 Å². The molecule has 0 unspecified atom stereocenters. The summed E-state index contributed by atoms with van der Waals surface area (Å²) in [7, 11) is 0. The zero-order valence-corrected chi connectivity index (χ0v) is 15.8. The Bertz CT molecular complexity index is 1340. The molecule has 0 bridgehead atoms. The third kappa shape index (κ3) is 2.93. The van der Waals surface area contributed by atoms with Gasteiger partial charge in [-0.3, -0.25) is 14.9 Å². The maximum absolute atomic E-state index is 12.7. The normalized spacial score (nSPS) is 11.1. The van der Waals surface area contributed by atoms with Crippen molar-refractivity contribution in [1.82, 2.24) is 0 Å². The molecule has 4 aromatic rings. The summed E-state index contributed by atoms with van der Waals surface area (Å²) in [5.41, 5.74) is 1.61. The van der Waals surface area contributed by atoms with E-state index in [1.807, 2.05) is 19.1 Å². The van der Waals surface area contributed by atoms with Crippen LogP contribution in [0.1, 0.15) is 20.8 Å². The summed E-state index contributed by atoms with van der Waals surface area (Å²) in [5.74, 6) is -0.440. The first-order valence-electron chi connectivity index (χ1n) is 8.37. The lowest BCUT2D eigenvalue weighted by Crippen LogP contribution is -2.11. The molecule has 0 aliphatic rings. The highest BCUT2D eigenvalue weighted by Crippen LogP contribution is 2.32. The summed E-state index contributed by atoms with van der Waals surface area (Å²) in [6.07, 6.45) is 0. The second-order valence-electron chi connectivity index (χ2n) is 6.40. The van der Waals surface area contributed by atoms with Gasteiger partial charge in [-0.25, -0.2) is 4.79 Å². The summed E-state index contributed by atoms with van der Waals surface area (Å²) >= 11 is 1.19. The van der Waals surface area contributed by atoms with Crippen LogP contribution in [0.5, 0.6) is 0 Å². The molecule has 28 heavy (non-hydrogen) atoms. The average Bonchev–Trinajstić information content (AvgIpc) is 3.10. The molecule has 0 aliphatic carbocycles. The standard InChI is InChI=1S/C20H14N2O5S/c1-10-6-7-16-12(8-10)18-13(20(24)27-16)9-17(28-18)19(23)21-14-4-3-5-15(11(14)2)22(25)26/h3-9H,1-2H3,(H,21,23). The van der Waals surface area contributed by atoms with Crippen LogP contribution in [-0.4, -0.2) is 10.8 Å². The summed E-state index contributed by atoms with van der Waals surface area (Å²) in [4.78, 5) is 35.9. The molecule has 0 saturated carbocycles. The maximum Gasteiger partial charge on any atom is 0.345 e. The van der Waals surface area contributed by atoms with Crippen LogP contribution in [0.4, 0.5) is 11.4 Å². The van der Waals surface area contributed by atoms with Gasteiger partial charge in [0.2, 0.25) is 0 Å². The number of hydrogen-bond acceptors (Lipinski definition) is 6. The van der Waals surface area contributed by atoms with Gasteiger partial charge in [0.1, 0.15) is 5.58 Å². The zero-order chi connectivity index (χ0) is 20.0. The minimum atomic E-state index is -0.506. The Hall–Kier alpha value is -3.52. The highest BCUT2D eigenvalue weighted by atomic mass is 32.1. The highest BCUT2D eigenvalue weighted by molar-refractivity contribution is 7.21. The Morgan fingerprint density at radius 2 is 1.93 bits per heavy atom. The molecule has 7 nitrogen and oxygen atoms in total. The number of nitrogens with one attached hydrogen (secondary N) is 1. The van der Waals surface area contributed by atoms with Crippen molar-refractivity contribution in [3.63, 3.8) is 0 Å². The minimum Gasteiger partial charge on any atom is -0.422 e. The molecule has 0 spiro atoms.